The Bertz CT molecular complexity index is 613. The average molecular weight is 297 g/mol. The first kappa shape index (κ1) is 14.0. The molecule has 1 aromatic carbocycles. The van der Waals surface area contributed by atoms with Crippen molar-refractivity contribution in [1.82, 2.24) is 10.2 Å². The molecule has 0 bridgehead atoms. The van der Waals surface area contributed by atoms with Crippen LogP contribution in [0.4, 0.5) is 9.52 Å². The maximum absolute atomic E-state index is 13.7. The van der Waals surface area contributed by atoms with E-state index in [1.165, 1.54) is 36.1 Å². The molecular weight excluding hydrogens is 285 g/mol. The Morgan fingerprint density at radius 2 is 2.11 bits per heavy atom. The summed E-state index contributed by atoms with van der Waals surface area (Å²) in [5.74, 6) is -0.798. The number of carbonyl (C=O) groups is 1. The molecule has 4 nitrogen and oxygen atoms in total. The molecule has 0 atom stereocenters. The lowest BCUT2D eigenvalue weighted by Crippen LogP contribution is -2.07. The molecule has 0 saturated heterocycles. The predicted octanol–water partition coefficient (Wildman–Crippen LogP) is 3.10. The molecule has 1 heterocycles. The van der Waals surface area contributed by atoms with E-state index < -0.39 is 5.82 Å². The van der Waals surface area contributed by atoms with Crippen LogP contribution in [0.2, 0.25) is 0 Å². The predicted molar refractivity (Wildman–Crippen MR) is 74.8 cm³/mol. The van der Waals surface area contributed by atoms with Gasteiger partial charge in [0.2, 0.25) is 5.13 Å². The highest BCUT2D eigenvalue weighted by molar-refractivity contribution is 8.01. The first-order valence-corrected chi connectivity index (χ1v) is 7.10. The van der Waals surface area contributed by atoms with E-state index in [9.17, 15) is 9.18 Å². The second kappa shape index (κ2) is 5.66. The molecule has 1 aromatic heterocycles. The van der Waals surface area contributed by atoms with Gasteiger partial charge in [-0.1, -0.05) is 29.2 Å². The summed E-state index contributed by atoms with van der Waals surface area (Å²) in [5.41, 5.74) is 0.106. The maximum Gasteiger partial charge on any atom is 0.208 e. The van der Waals surface area contributed by atoms with Gasteiger partial charge in [0.25, 0.3) is 0 Å². The average Bonchev–Trinajstić information content (AvgIpc) is 2.77. The highest BCUT2D eigenvalue weighted by atomic mass is 32.2. The van der Waals surface area contributed by atoms with Gasteiger partial charge in [-0.25, -0.2) is 4.39 Å². The van der Waals surface area contributed by atoms with Crippen LogP contribution in [0.25, 0.3) is 0 Å². The van der Waals surface area contributed by atoms with Crippen LogP contribution in [0.15, 0.2) is 27.4 Å². The van der Waals surface area contributed by atoms with Gasteiger partial charge in [-0.05, 0) is 19.1 Å². The largest absolute Gasteiger partial charge is 0.353 e. The Morgan fingerprint density at radius 1 is 1.37 bits per heavy atom. The molecule has 0 N–H and O–H groups in total. The number of carbonyl (C=O) groups excluding carboxylic acids is 1. The summed E-state index contributed by atoms with van der Waals surface area (Å²) in [5, 5.41) is 8.79. The van der Waals surface area contributed by atoms with Gasteiger partial charge in [-0.2, -0.15) is 0 Å². The topological polar surface area (TPSA) is 46.1 Å². The SMILES string of the molecule is CC(=O)c1c(F)cccc1Sc1nnc(N(C)C)s1. The molecule has 0 aliphatic heterocycles. The summed E-state index contributed by atoms with van der Waals surface area (Å²) in [6, 6.07) is 4.57. The van der Waals surface area contributed by atoms with Gasteiger partial charge < -0.3 is 4.90 Å². The number of anilines is 1. The standard InChI is InChI=1S/C12H12FN3OS2/c1-7(17)10-8(13)5-4-6-9(10)18-12-15-14-11(19-12)16(2)3/h4-6H,1-3H3. The summed E-state index contributed by atoms with van der Waals surface area (Å²) in [6.07, 6.45) is 0. The quantitative estimate of drug-likeness (QED) is 0.812. The van der Waals surface area contributed by atoms with Crippen molar-refractivity contribution in [3.63, 3.8) is 0 Å². The Labute approximate surface area is 118 Å². The van der Waals surface area contributed by atoms with E-state index in [2.05, 4.69) is 10.2 Å². The Morgan fingerprint density at radius 3 is 2.68 bits per heavy atom. The van der Waals surface area contributed by atoms with Crippen molar-refractivity contribution in [2.24, 2.45) is 0 Å². The second-order valence-electron chi connectivity index (χ2n) is 4.02. The van der Waals surface area contributed by atoms with Crippen LogP contribution in [0, 0.1) is 5.82 Å². The zero-order valence-corrected chi connectivity index (χ0v) is 12.3. The van der Waals surface area contributed by atoms with Crippen molar-refractivity contribution in [2.45, 2.75) is 16.2 Å². The molecule has 0 spiro atoms. The van der Waals surface area contributed by atoms with E-state index >= 15 is 0 Å². The smallest absolute Gasteiger partial charge is 0.208 e. The number of halogens is 1. The minimum absolute atomic E-state index is 0.106. The van der Waals surface area contributed by atoms with Crippen molar-refractivity contribution in [3.05, 3.63) is 29.6 Å². The van der Waals surface area contributed by atoms with Crippen molar-refractivity contribution < 1.29 is 9.18 Å². The van der Waals surface area contributed by atoms with Crippen LogP contribution in [-0.4, -0.2) is 30.1 Å². The lowest BCUT2D eigenvalue weighted by molar-refractivity contribution is 0.101. The van der Waals surface area contributed by atoms with E-state index in [0.717, 1.165) is 5.13 Å². The van der Waals surface area contributed by atoms with Crippen molar-refractivity contribution in [3.8, 4) is 0 Å². The molecule has 100 valence electrons. The fourth-order valence-electron chi connectivity index (χ4n) is 1.45. The fraction of sp³-hybridized carbons (Fsp3) is 0.250. The molecule has 0 aliphatic rings. The number of nitrogens with zero attached hydrogens (tertiary/aromatic N) is 3. The third kappa shape index (κ3) is 3.10. The molecule has 0 radical (unpaired) electrons. The number of rotatable bonds is 4. The highest BCUT2D eigenvalue weighted by Crippen LogP contribution is 2.35. The molecular formula is C12H12FN3OS2. The molecule has 0 saturated carbocycles. The molecule has 0 aliphatic carbocycles. The zero-order valence-electron chi connectivity index (χ0n) is 10.7. The van der Waals surface area contributed by atoms with Gasteiger partial charge in [0.1, 0.15) is 5.82 Å². The normalized spacial score (nSPS) is 10.5. The molecule has 0 amide bonds. The van der Waals surface area contributed by atoms with E-state index in [-0.39, 0.29) is 11.3 Å². The minimum atomic E-state index is -0.505. The summed E-state index contributed by atoms with van der Waals surface area (Å²) in [4.78, 5) is 13.9. The summed E-state index contributed by atoms with van der Waals surface area (Å²) < 4.78 is 14.3. The number of Topliss-reactive ketones (excluding diaryl/α,β-unsaturated/α-hetero) is 1. The van der Waals surface area contributed by atoms with Gasteiger partial charge in [0, 0.05) is 19.0 Å². The van der Waals surface area contributed by atoms with E-state index in [1.54, 1.807) is 12.1 Å². The van der Waals surface area contributed by atoms with Gasteiger partial charge in [-0.3, -0.25) is 4.79 Å². The highest BCUT2D eigenvalue weighted by Gasteiger charge is 2.16. The Kier molecular flexibility index (Phi) is 4.16. The number of aromatic nitrogens is 2. The van der Waals surface area contributed by atoms with Crippen LogP contribution < -0.4 is 4.90 Å². The van der Waals surface area contributed by atoms with Crippen molar-refractivity contribution in [1.29, 1.82) is 0 Å². The molecule has 0 unspecified atom stereocenters. The molecule has 0 fully saturated rings. The van der Waals surface area contributed by atoms with Crippen LogP contribution in [-0.2, 0) is 0 Å². The second-order valence-corrected chi connectivity index (χ2v) is 6.26. The van der Waals surface area contributed by atoms with Gasteiger partial charge in [-0.15, -0.1) is 10.2 Å². The molecule has 2 aromatic rings. The molecule has 19 heavy (non-hydrogen) atoms. The first-order chi connectivity index (χ1) is 8.99. The molecule has 7 heteroatoms. The minimum Gasteiger partial charge on any atom is -0.353 e. The van der Waals surface area contributed by atoms with Gasteiger partial charge in [0.15, 0.2) is 10.1 Å². The number of benzene rings is 1. The lowest BCUT2D eigenvalue weighted by atomic mass is 10.1. The van der Waals surface area contributed by atoms with Crippen LogP contribution in [0.5, 0.6) is 0 Å². The summed E-state index contributed by atoms with van der Waals surface area (Å²) in [6.45, 7) is 1.35. The zero-order chi connectivity index (χ0) is 14.0. The van der Waals surface area contributed by atoms with Crippen LogP contribution in [0.1, 0.15) is 17.3 Å². The third-order valence-corrected chi connectivity index (χ3v) is 4.51. The van der Waals surface area contributed by atoms with E-state index in [4.69, 9.17) is 0 Å². The van der Waals surface area contributed by atoms with Crippen LogP contribution in [0.3, 0.4) is 0 Å². The lowest BCUT2D eigenvalue weighted by Gasteiger charge is -2.05. The monoisotopic (exact) mass is 297 g/mol. The van der Waals surface area contributed by atoms with Gasteiger partial charge in [0.05, 0.1) is 5.56 Å². The number of ketones is 1. The first-order valence-electron chi connectivity index (χ1n) is 5.47. The van der Waals surface area contributed by atoms with Crippen LogP contribution >= 0.6 is 23.1 Å². The molecule has 2 rings (SSSR count). The van der Waals surface area contributed by atoms with Crippen molar-refractivity contribution >= 4 is 34.0 Å². The van der Waals surface area contributed by atoms with E-state index in [0.29, 0.717) is 9.24 Å². The van der Waals surface area contributed by atoms with E-state index in [1.807, 2.05) is 19.0 Å². The summed E-state index contributed by atoms with van der Waals surface area (Å²) >= 11 is 2.65. The number of hydrogen-bond donors (Lipinski definition) is 0. The fourth-order valence-corrected chi connectivity index (χ4v) is 3.37. The Balaban J connectivity index is 2.32. The summed E-state index contributed by atoms with van der Waals surface area (Å²) in [7, 11) is 3.75. The van der Waals surface area contributed by atoms with Gasteiger partial charge >= 0.3 is 0 Å². The van der Waals surface area contributed by atoms with Crippen molar-refractivity contribution in [2.75, 3.05) is 19.0 Å². The number of hydrogen-bond acceptors (Lipinski definition) is 6. The maximum atomic E-state index is 13.7. The Hall–Kier alpha value is -1.47. The third-order valence-electron chi connectivity index (χ3n) is 2.30.